The van der Waals surface area contributed by atoms with Crippen molar-refractivity contribution in [3.05, 3.63) is 48.4 Å². The van der Waals surface area contributed by atoms with Crippen LogP contribution >= 0.6 is 0 Å². The number of aromatic nitrogens is 3. The molecule has 8 nitrogen and oxygen atoms in total. The van der Waals surface area contributed by atoms with Crippen molar-refractivity contribution in [2.24, 2.45) is 7.05 Å². The molecule has 0 radical (unpaired) electrons. The summed E-state index contributed by atoms with van der Waals surface area (Å²) < 4.78 is 7.41. The Bertz CT molecular complexity index is 912. The lowest BCUT2D eigenvalue weighted by Crippen LogP contribution is -2.58. The third kappa shape index (κ3) is 2.86. The second-order valence-corrected chi connectivity index (χ2v) is 6.01. The lowest BCUT2D eigenvalue weighted by atomic mass is 10.1. The molecule has 0 saturated carbocycles. The van der Waals surface area contributed by atoms with Gasteiger partial charge in [0, 0.05) is 26.3 Å². The van der Waals surface area contributed by atoms with Crippen molar-refractivity contribution < 1.29 is 14.0 Å². The normalized spacial score (nSPS) is 17.7. The van der Waals surface area contributed by atoms with Crippen molar-refractivity contribution in [1.82, 2.24) is 24.8 Å². The monoisotopic (exact) mass is 339 g/mol. The summed E-state index contributed by atoms with van der Waals surface area (Å²) in [6.45, 7) is 0.841. The van der Waals surface area contributed by atoms with Crippen LogP contribution in [0.5, 0.6) is 0 Å². The molecule has 25 heavy (non-hydrogen) atoms. The van der Waals surface area contributed by atoms with Crippen molar-refractivity contribution in [3.8, 4) is 0 Å². The van der Waals surface area contributed by atoms with E-state index < -0.39 is 6.04 Å². The predicted octanol–water partition coefficient (Wildman–Crippen LogP) is 0.745. The zero-order chi connectivity index (χ0) is 17.4. The van der Waals surface area contributed by atoms with Gasteiger partial charge in [-0.2, -0.15) is 0 Å². The van der Waals surface area contributed by atoms with Gasteiger partial charge < -0.3 is 19.2 Å². The molecule has 1 aliphatic rings. The first-order valence-electron chi connectivity index (χ1n) is 8.03. The Kier molecular flexibility index (Phi) is 3.72. The summed E-state index contributed by atoms with van der Waals surface area (Å²) in [5, 5.41) is 2.80. The van der Waals surface area contributed by atoms with Gasteiger partial charge in [0.15, 0.2) is 11.5 Å². The van der Waals surface area contributed by atoms with E-state index in [9.17, 15) is 9.59 Å². The fourth-order valence-electron chi connectivity index (χ4n) is 3.00. The van der Waals surface area contributed by atoms with Gasteiger partial charge >= 0.3 is 0 Å². The van der Waals surface area contributed by atoms with Gasteiger partial charge in [0.2, 0.25) is 5.91 Å². The predicted molar refractivity (Wildman–Crippen MR) is 88.8 cm³/mol. The Morgan fingerprint density at radius 2 is 2.24 bits per heavy atom. The summed E-state index contributed by atoms with van der Waals surface area (Å²) in [4.78, 5) is 35.2. The fourth-order valence-corrected chi connectivity index (χ4v) is 3.00. The number of imidazole rings is 1. The third-order valence-electron chi connectivity index (χ3n) is 4.22. The summed E-state index contributed by atoms with van der Waals surface area (Å²) in [6.07, 6.45) is 3.43. The minimum atomic E-state index is -0.670. The molecule has 1 saturated heterocycles. The van der Waals surface area contributed by atoms with E-state index >= 15 is 0 Å². The largest absolute Gasteiger partial charge is 0.441 e. The van der Waals surface area contributed by atoms with Crippen molar-refractivity contribution in [2.75, 3.05) is 13.1 Å². The molecule has 8 heteroatoms. The number of aryl methyl sites for hydroxylation is 1. The topological polar surface area (TPSA) is 93.3 Å². The second kappa shape index (κ2) is 6.04. The quantitative estimate of drug-likeness (QED) is 0.760. The van der Waals surface area contributed by atoms with Gasteiger partial charge in [-0.1, -0.05) is 12.1 Å². The van der Waals surface area contributed by atoms with Crippen molar-refractivity contribution in [2.45, 2.75) is 12.5 Å². The van der Waals surface area contributed by atoms with Gasteiger partial charge in [-0.3, -0.25) is 9.59 Å². The van der Waals surface area contributed by atoms with Crippen LogP contribution in [0, 0.1) is 0 Å². The maximum Gasteiger partial charge on any atom is 0.274 e. The lowest BCUT2D eigenvalue weighted by molar-refractivity contribution is -0.127. The highest BCUT2D eigenvalue weighted by atomic mass is 16.3. The van der Waals surface area contributed by atoms with Gasteiger partial charge in [-0.25, -0.2) is 9.97 Å². The van der Waals surface area contributed by atoms with Crippen LogP contribution in [0.25, 0.3) is 11.1 Å². The molecule has 3 aromatic rings. The van der Waals surface area contributed by atoms with Gasteiger partial charge in [0.1, 0.15) is 17.3 Å². The molecule has 0 bridgehead atoms. The number of amides is 2. The summed E-state index contributed by atoms with van der Waals surface area (Å²) in [6, 6.07) is 6.74. The summed E-state index contributed by atoms with van der Waals surface area (Å²) in [5.41, 5.74) is 1.72. The number of nitrogens with one attached hydrogen (secondary N) is 1. The number of hydrogen-bond acceptors (Lipinski definition) is 5. The molecular formula is C17H17N5O3. The van der Waals surface area contributed by atoms with Gasteiger partial charge in [-0.05, 0) is 12.1 Å². The molecule has 1 aromatic carbocycles. The highest BCUT2D eigenvalue weighted by Crippen LogP contribution is 2.19. The number of oxazole rings is 1. The molecule has 1 fully saturated rings. The summed E-state index contributed by atoms with van der Waals surface area (Å²) in [5.74, 6) is -0.0450. The maximum absolute atomic E-state index is 12.8. The van der Waals surface area contributed by atoms with Crippen LogP contribution in [-0.2, 0) is 18.3 Å². The van der Waals surface area contributed by atoms with E-state index in [4.69, 9.17) is 4.42 Å². The molecule has 0 aliphatic carbocycles. The molecular weight excluding hydrogens is 322 g/mol. The van der Waals surface area contributed by atoms with Crippen molar-refractivity contribution in [3.63, 3.8) is 0 Å². The molecule has 4 rings (SSSR count). The summed E-state index contributed by atoms with van der Waals surface area (Å²) in [7, 11) is 1.79. The van der Waals surface area contributed by atoms with E-state index in [2.05, 4.69) is 15.3 Å². The van der Waals surface area contributed by atoms with Gasteiger partial charge in [-0.15, -0.1) is 0 Å². The SMILES string of the molecule is Cn1cnc(C(=O)N2CCNC(=O)C2Cc2nc3ccccc3o2)c1. The standard InChI is InChI=1S/C17H17N5O3/c1-21-9-12(19-10-21)17(24)22-7-6-18-16(23)13(22)8-15-20-11-4-2-3-5-14(11)25-15/h2-5,9-10,13H,6-8H2,1H3,(H,18,23). The zero-order valence-electron chi connectivity index (χ0n) is 13.7. The van der Waals surface area contributed by atoms with Crippen molar-refractivity contribution >= 4 is 22.9 Å². The summed E-state index contributed by atoms with van der Waals surface area (Å²) >= 11 is 0. The number of benzene rings is 1. The Labute approximate surface area is 143 Å². The highest BCUT2D eigenvalue weighted by Gasteiger charge is 2.35. The molecule has 1 atom stereocenters. The van der Waals surface area contributed by atoms with Gasteiger partial charge in [0.05, 0.1) is 12.7 Å². The number of carbonyl (C=O) groups excluding carboxylic acids is 2. The maximum atomic E-state index is 12.8. The van der Waals surface area contributed by atoms with Crippen LogP contribution in [0.3, 0.4) is 0 Å². The molecule has 0 spiro atoms. The molecule has 3 heterocycles. The van der Waals surface area contributed by atoms with Crippen LogP contribution in [0.2, 0.25) is 0 Å². The van der Waals surface area contributed by atoms with Crippen LogP contribution in [0.15, 0.2) is 41.2 Å². The van der Waals surface area contributed by atoms with E-state index in [-0.39, 0.29) is 18.2 Å². The van der Waals surface area contributed by atoms with Crippen LogP contribution < -0.4 is 5.32 Å². The average Bonchev–Trinajstić information content (AvgIpc) is 3.21. The smallest absolute Gasteiger partial charge is 0.274 e. The van der Waals surface area contributed by atoms with Crippen LogP contribution in [0.4, 0.5) is 0 Å². The minimum absolute atomic E-state index is 0.210. The first kappa shape index (κ1) is 15.4. The highest BCUT2D eigenvalue weighted by molar-refractivity contribution is 5.96. The van der Waals surface area contributed by atoms with Crippen LogP contribution in [0.1, 0.15) is 16.4 Å². The second-order valence-electron chi connectivity index (χ2n) is 6.01. The molecule has 1 N–H and O–H groups in total. The number of rotatable bonds is 3. The minimum Gasteiger partial charge on any atom is -0.441 e. The number of fused-ring (bicyclic) bond motifs is 1. The third-order valence-corrected chi connectivity index (χ3v) is 4.22. The van der Waals surface area contributed by atoms with E-state index in [0.29, 0.717) is 30.3 Å². The Morgan fingerprint density at radius 1 is 1.40 bits per heavy atom. The van der Waals surface area contributed by atoms with E-state index in [1.54, 1.807) is 24.1 Å². The van der Waals surface area contributed by atoms with Gasteiger partial charge in [0.25, 0.3) is 5.91 Å². The fraction of sp³-hybridized carbons (Fsp3) is 0.294. The molecule has 1 unspecified atom stereocenters. The first-order valence-corrected chi connectivity index (χ1v) is 8.03. The Hall–Kier alpha value is -3.16. The Morgan fingerprint density at radius 3 is 3.00 bits per heavy atom. The van der Waals surface area contributed by atoms with E-state index in [0.717, 1.165) is 5.52 Å². The van der Waals surface area contributed by atoms with Crippen molar-refractivity contribution in [1.29, 1.82) is 0 Å². The molecule has 128 valence electrons. The van der Waals surface area contributed by atoms with E-state index in [1.165, 1.54) is 4.90 Å². The first-order chi connectivity index (χ1) is 12.1. The Balaban J connectivity index is 1.61. The number of hydrogen-bond donors (Lipinski definition) is 1. The zero-order valence-corrected chi connectivity index (χ0v) is 13.7. The molecule has 1 aliphatic heterocycles. The van der Waals surface area contributed by atoms with E-state index in [1.807, 2.05) is 24.3 Å². The molecule has 2 aromatic heterocycles. The number of nitrogens with zero attached hydrogens (tertiary/aromatic N) is 4. The lowest BCUT2D eigenvalue weighted by Gasteiger charge is -2.34. The average molecular weight is 339 g/mol. The molecule has 2 amide bonds. The number of carbonyl (C=O) groups is 2. The number of piperazine rings is 1. The number of para-hydroxylation sites is 2. The van der Waals surface area contributed by atoms with Crippen LogP contribution in [-0.4, -0.2) is 50.4 Å².